The molecular formula is C17H30N4. The number of nitrogens with zero attached hydrogens (tertiary/aromatic N) is 3. The van der Waals surface area contributed by atoms with Gasteiger partial charge in [0.2, 0.25) is 0 Å². The molecule has 1 fully saturated rings. The molecule has 1 saturated carbocycles. The van der Waals surface area contributed by atoms with Crippen molar-refractivity contribution in [2.24, 2.45) is 5.92 Å². The van der Waals surface area contributed by atoms with E-state index in [9.17, 15) is 0 Å². The molecule has 21 heavy (non-hydrogen) atoms. The number of nitrogens with one attached hydrogen (secondary N) is 1. The average molecular weight is 290 g/mol. The van der Waals surface area contributed by atoms with E-state index in [2.05, 4.69) is 49.1 Å². The summed E-state index contributed by atoms with van der Waals surface area (Å²) in [6.07, 6.45) is 6.90. The summed E-state index contributed by atoms with van der Waals surface area (Å²) in [6.45, 7) is 7.58. The Morgan fingerprint density at radius 1 is 1.19 bits per heavy atom. The Labute approximate surface area is 129 Å². The van der Waals surface area contributed by atoms with E-state index in [1.165, 1.54) is 32.1 Å². The third kappa shape index (κ3) is 4.32. The molecule has 0 amide bonds. The first-order valence-corrected chi connectivity index (χ1v) is 8.18. The van der Waals surface area contributed by atoms with E-state index < -0.39 is 0 Å². The quantitative estimate of drug-likeness (QED) is 0.915. The summed E-state index contributed by atoms with van der Waals surface area (Å²) >= 11 is 0. The van der Waals surface area contributed by atoms with Gasteiger partial charge in [-0.05, 0) is 18.8 Å². The highest BCUT2D eigenvalue weighted by molar-refractivity contribution is 5.49. The lowest BCUT2D eigenvalue weighted by Crippen LogP contribution is -2.29. The number of rotatable bonds is 4. The van der Waals surface area contributed by atoms with Crippen LogP contribution >= 0.6 is 0 Å². The second-order valence-corrected chi connectivity index (χ2v) is 7.32. The molecule has 0 aliphatic heterocycles. The van der Waals surface area contributed by atoms with Gasteiger partial charge in [-0.25, -0.2) is 9.97 Å². The minimum absolute atomic E-state index is 0.0344. The molecule has 1 aromatic rings. The van der Waals surface area contributed by atoms with Crippen molar-refractivity contribution >= 4 is 11.6 Å². The van der Waals surface area contributed by atoms with Gasteiger partial charge in [-0.15, -0.1) is 0 Å². The van der Waals surface area contributed by atoms with Crippen molar-refractivity contribution in [3.8, 4) is 0 Å². The van der Waals surface area contributed by atoms with Crippen LogP contribution < -0.4 is 10.2 Å². The Morgan fingerprint density at radius 2 is 1.86 bits per heavy atom. The van der Waals surface area contributed by atoms with E-state index in [1.54, 1.807) is 0 Å². The number of anilines is 2. The fourth-order valence-electron chi connectivity index (χ4n) is 2.94. The van der Waals surface area contributed by atoms with Gasteiger partial charge in [-0.1, -0.05) is 40.0 Å². The van der Waals surface area contributed by atoms with Gasteiger partial charge in [0.05, 0.1) is 0 Å². The molecule has 4 nitrogen and oxygen atoms in total. The van der Waals surface area contributed by atoms with Gasteiger partial charge in [0.15, 0.2) is 0 Å². The van der Waals surface area contributed by atoms with Gasteiger partial charge < -0.3 is 10.2 Å². The molecule has 0 spiro atoms. The van der Waals surface area contributed by atoms with Crippen LogP contribution in [0.15, 0.2) is 6.07 Å². The molecule has 1 heterocycles. The van der Waals surface area contributed by atoms with Crippen molar-refractivity contribution in [3.05, 3.63) is 11.9 Å². The maximum atomic E-state index is 4.79. The normalized spacial score (nSPS) is 16.8. The maximum absolute atomic E-state index is 4.79. The van der Waals surface area contributed by atoms with Crippen molar-refractivity contribution in [1.29, 1.82) is 0 Å². The molecule has 0 bridgehead atoms. The predicted octanol–water partition coefficient (Wildman–Crippen LogP) is 3.83. The van der Waals surface area contributed by atoms with Gasteiger partial charge in [0.1, 0.15) is 17.5 Å². The SMILES string of the molecule is CNc1cc(N(C)CC2CCCCC2)nc(C(C)(C)C)n1. The Bertz CT molecular complexity index is 458. The minimum Gasteiger partial charge on any atom is -0.373 e. The standard InChI is InChI=1S/C17H30N4/c1-17(2,3)16-19-14(18-4)11-15(20-16)21(5)12-13-9-7-6-8-10-13/h11,13H,6-10,12H2,1-5H3,(H,18,19,20). The smallest absolute Gasteiger partial charge is 0.138 e. The summed E-state index contributed by atoms with van der Waals surface area (Å²) in [7, 11) is 4.07. The summed E-state index contributed by atoms with van der Waals surface area (Å²) in [6, 6.07) is 2.05. The molecule has 0 atom stereocenters. The largest absolute Gasteiger partial charge is 0.373 e. The Hall–Kier alpha value is -1.32. The molecule has 1 N–H and O–H groups in total. The Morgan fingerprint density at radius 3 is 2.43 bits per heavy atom. The highest BCUT2D eigenvalue weighted by Crippen LogP contribution is 2.27. The number of hydrogen-bond donors (Lipinski definition) is 1. The molecule has 0 saturated heterocycles. The van der Waals surface area contributed by atoms with Crippen molar-refractivity contribution in [2.45, 2.75) is 58.3 Å². The van der Waals surface area contributed by atoms with Crippen LogP contribution in [-0.2, 0) is 5.41 Å². The van der Waals surface area contributed by atoms with E-state index in [4.69, 9.17) is 4.98 Å². The number of hydrogen-bond acceptors (Lipinski definition) is 4. The van der Waals surface area contributed by atoms with Gasteiger partial charge in [0.25, 0.3) is 0 Å². The minimum atomic E-state index is -0.0344. The van der Waals surface area contributed by atoms with E-state index in [0.29, 0.717) is 0 Å². The lowest BCUT2D eigenvalue weighted by Gasteiger charge is -2.29. The fourth-order valence-corrected chi connectivity index (χ4v) is 2.94. The maximum Gasteiger partial charge on any atom is 0.138 e. The third-order valence-corrected chi connectivity index (χ3v) is 4.29. The predicted molar refractivity (Wildman–Crippen MR) is 90.1 cm³/mol. The van der Waals surface area contributed by atoms with Crippen LogP contribution in [0.2, 0.25) is 0 Å². The van der Waals surface area contributed by atoms with Crippen molar-refractivity contribution < 1.29 is 0 Å². The van der Waals surface area contributed by atoms with Crippen LogP contribution in [0.4, 0.5) is 11.6 Å². The van der Waals surface area contributed by atoms with Gasteiger partial charge in [0, 0.05) is 32.1 Å². The van der Waals surface area contributed by atoms with Gasteiger partial charge in [-0.3, -0.25) is 0 Å². The van der Waals surface area contributed by atoms with E-state index >= 15 is 0 Å². The molecule has 0 unspecified atom stereocenters. The van der Waals surface area contributed by atoms with E-state index in [0.717, 1.165) is 29.9 Å². The monoisotopic (exact) mass is 290 g/mol. The highest BCUT2D eigenvalue weighted by Gasteiger charge is 2.21. The zero-order valence-corrected chi connectivity index (χ0v) is 14.2. The summed E-state index contributed by atoms with van der Waals surface area (Å²) in [5.74, 6) is 3.65. The lowest BCUT2D eigenvalue weighted by molar-refractivity contribution is 0.361. The average Bonchev–Trinajstić information content (AvgIpc) is 2.46. The van der Waals surface area contributed by atoms with Crippen molar-refractivity contribution in [3.63, 3.8) is 0 Å². The molecular weight excluding hydrogens is 260 g/mol. The van der Waals surface area contributed by atoms with Crippen LogP contribution in [0, 0.1) is 5.92 Å². The first kappa shape index (κ1) is 16.1. The van der Waals surface area contributed by atoms with Gasteiger partial charge in [-0.2, -0.15) is 0 Å². The second kappa shape index (κ2) is 6.63. The molecule has 0 aromatic carbocycles. The first-order valence-electron chi connectivity index (χ1n) is 8.18. The highest BCUT2D eigenvalue weighted by atomic mass is 15.2. The lowest BCUT2D eigenvalue weighted by atomic mass is 9.89. The van der Waals surface area contributed by atoms with Crippen LogP contribution in [0.5, 0.6) is 0 Å². The molecule has 4 heteroatoms. The molecule has 2 rings (SSSR count). The van der Waals surface area contributed by atoms with Crippen LogP contribution in [-0.4, -0.2) is 30.6 Å². The molecule has 118 valence electrons. The molecule has 0 radical (unpaired) electrons. The van der Waals surface area contributed by atoms with Crippen LogP contribution in [0.3, 0.4) is 0 Å². The Kier molecular flexibility index (Phi) is 5.07. The zero-order valence-electron chi connectivity index (χ0n) is 14.2. The molecule has 1 aliphatic rings. The molecule has 1 aromatic heterocycles. The van der Waals surface area contributed by atoms with Crippen molar-refractivity contribution in [1.82, 2.24) is 9.97 Å². The van der Waals surface area contributed by atoms with Crippen molar-refractivity contribution in [2.75, 3.05) is 30.9 Å². The summed E-state index contributed by atoms with van der Waals surface area (Å²) < 4.78 is 0. The molecule has 1 aliphatic carbocycles. The van der Waals surface area contributed by atoms with Crippen LogP contribution in [0.25, 0.3) is 0 Å². The number of aromatic nitrogens is 2. The summed E-state index contributed by atoms with van der Waals surface area (Å²) in [5.41, 5.74) is -0.0344. The summed E-state index contributed by atoms with van der Waals surface area (Å²) in [4.78, 5) is 11.7. The Balaban J connectivity index is 2.17. The van der Waals surface area contributed by atoms with E-state index in [1.807, 2.05) is 7.05 Å². The fraction of sp³-hybridized carbons (Fsp3) is 0.765. The van der Waals surface area contributed by atoms with Gasteiger partial charge >= 0.3 is 0 Å². The van der Waals surface area contributed by atoms with Crippen LogP contribution in [0.1, 0.15) is 58.7 Å². The summed E-state index contributed by atoms with van der Waals surface area (Å²) in [5, 5.41) is 3.16. The third-order valence-electron chi connectivity index (χ3n) is 4.29. The zero-order chi connectivity index (χ0) is 15.5. The topological polar surface area (TPSA) is 41.0 Å². The van der Waals surface area contributed by atoms with E-state index in [-0.39, 0.29) is 5.41 Å². The second-order valence-electron chi connectivity index (χ2n) is 7.32. The first-order chi connectivity index (χ1) is 9.90.